The van der Waals surface area contributed by atoms with Crippen LogP contribution in [-0.4, -0.2) is 28.0 Å². The van der Waals surface area contributed by atoms with Crippen molar-refractivity contribution in [3.05, 3.63) is 99.5 Å². The van der Waals surface area contributed by atoms with Crippen molar-refractivity contribution in [2.45, 2.75) is 25.3 Å². The monoisotopic (exact) mass is 387 g/mol. The molecule has 1 fully saturated rings. The van der Waals surface area contributed by atoms with Crippen LogP contribution in [-0.2, 0) is 6.54 Å². The Morgan fingerprint density at radius 3 is 2.34 bits per heavy atom. The first-order chi connectivity index (χ1) is 14.1. The van der Waals surface area contributed by atoms with Crippen LogP contribution in [0.15, 0.2) is 71.5 Å². The first-order valence-electron chi connectivity index (χ1n) is 9.68. The Morgan fingerprint density at radius 1 is 0.931 bits per heavy atom. The van der Waals surface area contributed by atoms with E-state index in [4.69, 9.17) is 0 Å². The van der Waals surface area contributed by atoms with Gasteiger partial charge in [-0.1, -0.05) is 48.5 Å². The molecule has 1 aliphatic rings. The number of amides is 1. The van der Waals surface area contributed by atoms with E-state index in [2.05, 4.69) is 10.4 Å². The Bertz CT molecular complexity index is 1100. The van der Waals surface area contributed by atoms with E-state index in [1.807, 2.05) is 6.07 Å². The third-order valence-electron chi connectivity index (χ3n) is 4.94. The minimum absolute atomic E-state index is 0.191. The number of hydrogen-bond acceptors (Lipinski definition) is 4. The lowest BCUT2D eigenvalue weighted by Gasteiger charge is -2.11. The molecule has 0 radical (unpaired) electrons. The molecule has 0 unspecified atom stereocenters. The van der Waals surface area contributed by atoms with Crippen LogP contribution < -0.4 is 10.9 Å². The number of aromatic nitrogens is 2. The van der Waals surface area contributed by atoms with Gasteiger partial charge in [0.25, 0.3) is 11.5 Å². The fourth-order valence-electron chi connectivity index (χ4n) is 3.22. The van der Waals surface area contributed by atoms with Crippen molar-refractivity contribution < 1.29 is 9.59 Å². The van der Waals surface area contributed by atoms with Crippen LogP contribution in [0.2, 0.25) is 0 Å². The van der Waals surface area contributed by atoms with Gasteiger partial charge in [-0.2, -0.15) is 5.10 Å². The molecule has 1 aromatic heterocycles. The zero-order chi connectivity index (χ0) is 20.2. The highest BCUT2D eigenvalue weighted by molar-refractivity contribution is 6.15. The molecule has 0 spiro atoms. The first-order valence-corrected chi connectivity index (χ1v) is 9.68. The summed E-state index contributed by atoms with van der Waals surface area (Å²) in [6, 6.07) is 18.9. The third kappa shape index (κ3) is 4.32. The maximum Gasteiger partial charge on any atom is 0.266 e. The average molecular weight is 387 g/mol. The van der Waals surface area contributed by atoms with Gasteiger partial charge in [-0.25, -0.2) is 4.68 Å². The molecule has 146 valence electrons. The van der Waals surface area contributed by atoms with Crippen molar-refractivity contribution in [2.75, 3.05) is 6.54 Å². The number of rotatable bonds is 7. The van der Waals surface area contributed by atoms with Gasteiger partial charge < -0.3 is 5.32 Å². The van der Waals surface area contributed by atoms with Gasteiger partial charge in [0.15, 0.2) is 5.78 Å². The van der Waals surface area contributed by atoms with E-state index in [0.717, 1.165) is 18.5 Å². The standard InChI is InChI=1S/C23H21N3O3/c27-21-13-12-20(16-10-11-16)25-26(21)15-14-24-23(29)19-9-5-4-8-18(19)22(28)17-6-2-1-3-7-17/h1-9,12-13,16H,10-11,14-15H2,(H,24,29). The average Bonchev–Trinajstić information content (AvgIpc) is 3.60. The maximum atomic E-state index is 12.8. The molecule has 2 aromatic carbocycles. The zero-order valence-corrected chi connectivity index (χ0v) is 15.9. The second-order valence-electron chi connectivity index (χ2n) is 7.09. The van der Waals surface area contributed by atoms with Gasteiger partial charge >= 0.3 is 0 Å². The molecule has 0 bridgehead atoms. The van der Waals surface area contributed by atoms with Crippen molar-refractivity contribution in [3.63, 3.8) is 0 Å². The largest absolute Gasteiger partial charge is 0.350 e. The van der Waals surface area contributed by atoms with E-state index < -0.39 is 0 Å². The van der Waals surface area contributed by atoms with E-state index in [9.17, 15) is 14.4 Å². The lowest BCUT2D eigenvalue weighted by molar-refractivity contribution is 0.0940. The van der Waals surface area contributed by atoms with Gasteiger partial charge in [-0.15, -0.1) is 0 Å². The number of carbonyl (C=O) groups excluding carboxylic acids is 2. The van der Waals surface area contributed by atoms with Crippen LogP contribution in [0.1, 0.15) is 50.7 Å². The molecule has 6 nitrogen and oxygen atoms in total. The van der Waals surface area contributed by atoms with Crippen LogP contribution in [0.25, 0.3) is 0 Å². The lowest BCUT2D eigenvalue weighted by atomic mass is 9.98. The van der Waals surface area contributed by atoms with E-state index >= 15 is 0 Å². The Labute approximate surface area is 168 Å². The molecular formula is C23H21N3O3. The molecular weight excluding hydrogens is 366 g/mol. The Morgan fingerprint density at radius 2 is 1.62 bits per heavy atom. The predicted molar refractivity (Wildman–Crippen MR) is 109 cm³/mol. The molecule has 1 aliphatic carbocycles. The molecule has 1 heterocycles. The molecule has 1 saturated carbocycles. The highest BCUT2D eigenvalue weighted by Crippen LogP contribution is 2.38. The fraction of sp³-hybridized carbons (Fsp3) is 0.217. The third-order valence-corrected chi connectivity index (χ3v) is 4.94. The van der Waals surface area contributed by atoms with E-state index in [0.29, 0.717) is 22.6 Å². The minimum Gasteiger partial charge on any atom is -0.350 e. The first kappa shape index (κ1) is 18.8. The quantitative estimate of drug-likeness (QED) is 0.632. The smallest absolute Gasteiger partial charge is 0.266 e. The Hall–Kier alpha value is -3.54. The molecule has 0 saturated heterocycles. The topological polar surface area (TPSA) is 81.1 Å². The summed E-state index contributed by atoms with van der Waals surface area (Å²) >= 11 is 0. The van der Waals surface area contributed by atoms with Crippen molar-refractivity contribution in [1.29, 1.82) is 0 Å². The second kappa shape index (κ2) is 8.22. The fourth-order valence-corrected chi connectivity index (χ4v) is 3.22. The molecule has 1 amide bonds. The molecule has 0 atom stereocenters. The van der Waals surface area contributed by atoms with Gasteiger partial charge in [0.05, 0.1) is 17.8 Å². The summed E-state index contributed by atoms with van der Waals surface area (Å²) in [6.45, 7) is 0.521. The number of nitrogens with one attached hydrogen (secondary N) is 1. The van der Waals surface area contributed by atoms with Gasteiger partial charge in [-0.3, -0.25) is 14.4 Å². The van der Waals surface area contributed by atoms with Gasteiger partial charge in [0.2, 0.25) is 0 Å². The van der Waals surface area contributed by atoms with Gasteiger partial charge in [0.1, 0.15) is 0 Å². The molecule has 4 rings (SSSR count). The van der Waals surface area contributed by atoms with Crippen LogP contribution >= 0.6 is 0 Å². The molecule has 29 heavy (non-hydrogen) atoms. The van der Waals surface area contributed by atoms with E-state index in [1.165, 1.54) is 10.7 Å². The Balaban J connectivity index is 1.45. The highest BCUT2D eigenvalue weighted by atomic mass is 16.2. The van der Waals surface area contributed by atoms with Gasteiger partial charge in [0, 0.05) is 29.7 Å². The highest BCUT2D eigenvalue weighted by Gasteiger charge is 2.25. The molecule has 6 heteroatoms. The summed E-state index contributed by atoms with van der Waals surface area (Å²) in [5.74, 6) is -0.102. The molecule has 1 N–H and O–H groups in total. The summed E-state index contributed by atoms with van der Waals surface area (Å²) in [6.07, 6.45) is 2.21. The number of ketones is 1. The zero-order valence-electron chi connectivity index (χ0n) is 15.9. The number of carbonyl (C=O) groups is 2. The number of benzene rings is 2. The van der Waals surface area contributed by atoms with Crippen LogP contribution in [0, 0.1) is 0 Å². The summed E-state index contributed by atoms with van der Waals surface area (Å²) < 4.78 is 1.38. The van der Waals surface area contributed by atoms with Crippen molar-refractivity contribution in [1.82, 2.24) is 15.1 Å². The normalized spacial score (nSPS) is 13.1. The maximum absolute atomic E-state index is 12.8. The van der Waals surface area contributed by atoms with Crippen LogP contribution in [0.5, 0.6) is 0 Å². The van der Waals surface area contributed by atoms with Crippen molar-refractivity contribution in [3.8, 4) is 0 Å². The van der Waals surface area contributed by atoms with Gasteiger partial charge in [-0.05, 0) is 25.0 Å². The van der Waals surface area contributed by atoms with Crippen LogP contribution in [0.3, 0.4) is 0 Å². The van der Waals surface area contributed by atoms with Crippen LogP contribution in [0.4, 0.5) is 0 Å². The SMILES string of the molecule is O=C(NCCn1nc(C2CC2)ccc1=O)c1ccccc1C(=O)c1ccccc1. The summed E-state index contributed by atoms with van der Waals surface area (Å²) in [5.41, 5.74) is 1.93. The van der Waals surface area contributed by atoms with E-state index in [1.54, 1.807) is 54.6 Å². The Kier molecular flexibility index (Phi) is 5.33. The summed E-state index contributed by atoms with van der Waals surface area (Å²) in [4.78, 5) is 37.5. The number of nitrogens with zero attached hydrogens (tertiary/aromatic N) is 2. The van der Waals surface area contributed by atoms with Crippen molar-refractivity contribution in [2.24, 2.45) is 0 Å². The summed E-state index contributed by atoms with van der Waals surface area (Å²) in [7, 11) is 0. The summed E-state index contributed by atoms with van der Waals surface area (Å²) in [5, 5.41) is 7.18. The second-order valence-corrected chi connectivity index (χ2v) is 7.09. The lowest BCUT2D eigenvalue weighted by Crippen LogP contribution is -2.32. The van der Waals surface area contributed by atoms with Crippen molar-refractivity contribution >= 4 is 11.7 Å². The minimum atomic E-state index is -0.351. The predicted octanol–water partition coefficient (Wildman–Crippen LogP) is 2.78. The molecule has 3 aromatic rings. The number of hydrogen-bond donors (Lipinski definition) is 1. The van der Waals surface area contributed by atoms with E-state index in [-0.39, 0.29) is 30.3 Å². The molecule has 0 aliphatic heterocycles.